The van der Waals surface area contributed by atoms with Crippen LogP contribution in [-0.4, -0.2) is 19.4 Å². The Hall–Kier alpha value is -1.35. The summed E-state index contributed by atoms with van der Waals surface area (Å²) in [6.07, 6.45) is 1.25. The van der Waals surface area contributed by atoms with E-state index in [2.05, 4.69) is 13.8 Å². The third-order valence-corrected chi connectivity index (χ3v) is 2.78. The summed E-state index contributed by atoms with van der Waals surface area (Å²) in [5.74, 6) is 1.34. The number of carbonyl (C=O) groups excluding carboxylic acids is 1. The molecular weight excluding hydrogens is 214 g/mol. The minimum absolute atomic E-state index is 0.153. The van der Waals surface area contributed by atoms with Gasteiger partial charge in [0.2, 0.25) is 0 Å². The van der Waals surface area contributed by atoms with Crippen LogP contribution in [0.4, 0.5) is 0 Å². The molecule has 0 aliphatic carbocycles. The molecular formula is C14H21NO2. The molecule has 0 aliphatic rings. The molecule has 0 heterocycles. The Morgan fingerprint density at radius 2 is 2.12 bits per heavy atom. The quantitative estimate of drug-likeness (QED) is 0.771. The first-order valence-corrected chi connectivity index (χ1v) is 6.01. The monoisotopic (exact) mass is 235 g/mol. The van der Waals surface area contributed by atoms with E-state index in [1.807, 2.05) is 18.2 Å². The second kappa shape index (κ2) is 6.40. The summed E-state index contributed by atoms with van der Waals surface area (Å²) in [6, 6.07) is 5.62. The molecule has 94 valence electrons. The number of ketones is 1. The van der Waals surface area contributed by atoms with E-state index in [1.54, 1.807) is 7.11 Å². The molecule has 1 rings (SSSR count). The van der Waals surface area contributed by atoms with Crippen molar-refractivity contribution >= 4 is 5.78 Å². The van der Waals surface area contributed by atoms with Crippen molar-refractivity contribution in [3.63, 3.8) is 0 Å². The van der Waals surface area contributed by atoms with Crippen molar-refractivity contribution in [2.24, 2.45) is 5.73 Å². The Kier molecular flexibility index (Phi) is 5.16. The molecule has 0 aromatic heterocycles. The van der Waals surface area contributed by atoms with E-state index >= 15 is 0 Å². The highest BCUT2D eigenvalue weighted by Crippen LogP contribution is 2.27. The molecule has 1 aromatic rings. The number of rotatable bonds is 6. The maximum absolute atomic E-state index is 11.9. The minimum atomic E-state index is 0.153. The molecule has 2 N–H and O–H groups in total. The molecule has 0 atom stereocenters. The molecule has 1 aromatic carbocycles. The summed E-state index contributed by atoms with van der Waals surface area (Å²) >= 11 is 0. The summed E-state index contributed by atoms with van der Waals surface area (Å²) < 4.78 is 5.29. The number of benzene rings is 1. The molecule has 0 radical (unpaired) electrons. The van der Waals surface area contributed by atoms with E-state index < -0.39 is 0 Å². The maximum Gasteiger partial charge on any atom is 0.162 e. The number of ether oxygens (including phenoxy) is 1. The van der Waals surface area contributed by atoms with Crippen LogP contribution in [0.5, 0.6) is 5.75 Å². The van der Waals surface area contributed by atoms with Crippen LogP contribution in [-0.2, 0) is 0 Å². The van der Waals surface area contributed by atoms with Crippen molar-refractivity contribution < 1.29 is 9.53 Å². The molecule has 0 aliphatic heterocycles. The first-order chi connectivity index (χ1) is 8.10. The Morgan fingerprint density at radius 3 is 2.65 bits per heavy atom. The zero-order chi connectivity index (χ0) is 12.8. The number of hydrogen-bond donors (Lipinski definition) is 1. The zero-order valence-corrected chi connectivity index (χ0v) is 10.8. The number of carbonyl (C=O) groups is 1. The lowest BCUT2D eigenvalue weighted by atomic mass is 9.97. The Balaban J connectivity index is 2.95. The van der Waals surface area contributed by atoms with Gasteiger partial charge in [-0.15, -0.1) is 0 Å². The minimum Gasteiger partial charge on any atom is -0.496 e. The first kappa shape index (κ1) is 13.7. The van der Waals surface area contributed by atoms with Crippen LogP contribution in [0.1, 0.15) is 48.5 Å². The average molecular weight is 235 g/mol. The molecule has 17 heavy (non-hydrogen) atoms. The molecule has 0 unspecified atom stereocenters. The van der Waals surface area contributed by atoms with Gasteiger partial charge in [-0.1, -0.05) is 13.8 Å². The fourth-order valence-corrected chi connectivity index (χ4v) is 1.77. The van der Waals surface area contributed by atoms with Crippen molar-refractivity contribution in [3.8, 4) is 5.75 Å². The second-order valence-electron chi connectivity index (χ2n) is 4.43. The van der Waals surface area contributed by atoms with Gasteiger partial charge in [-0.3, -0.25) is 4.79 Å². The Bertz CT molecular complexity index is 386. The summed E-state index contributed by atoms with van der Waals surface area (Å²) in [5.41, 5.74) is 7.23. The van der Waals surface area contributed by atoms with E-state index in [1.165, 1.54) is 0 Å². The van der Waals surface area contributed by atoms with Crippen molar-refractivity contribution in [2.45, 2.75) is 32.6 Å². The Labute approximate surface area is 103 Å². The van der Waals surface area contributed by atoms with E-state index in [0.29, 0.717) is 18.9 Å². The number of Topliss-reactive ketones (excluding diaryl/α,β-unsaturated/α-hetero) is 1. The van der Waals surface area contributed by atoms with Gasteiger partial charge in [0.1, 0.15) is 5.75 Å². The van der Waals surface area contributed by atoms with Crippen molar-refractivity contribution in [2.75, 3.05) is 13.7 Å². The second-order valence-corrected chi connectivity index (χ2v) is 4.43. The van der Waals surface area contributed by atoms with Gasteiger partial charge < -0.3 is 10.5 Å². The number of methoxy groups -OCH3 is 1. The summed E-state index contributed by atoms with van der Waals surface area (Å²) in [5, 5.41) is 0. The molecule has 0 spiro atoms. The van der Waals surface area contributed by atoms with E-state index in [4.69, 9.17) is 10.5 Å². The number of hydrogen-bond acceptors (Lipinski definition) is 3. The SMILES string of the molecule is COc1ccc(C(=O)CCCN)cc1C(C)C. The third-order valence-electron chi connectivity index (χ3n) is 2.78. The fraction of sp³-hybridized carbons (Fsp3) is 0.500. The largest absolute Gasteiger partial charge is 0.496 e. The smallest absolute Gasteiger partial charge is 0.162 e. The molecule has 0 saturated heterocycles. The highest BCUT2D eigenvalue weighted by Gasteiger charge is 2.12. The normalized spacial score (nSPS) is 10.6. The van der Waals surface area contributed by atoms with Crippen molar-refractivity contribution in [1.29, 1.82) is 0 Å². The van der Waals surface area contributed by atoms with Gasteiger partial charge >= 0.3 is 0 Å². The molecule has 0 fully saturated rings. The van der Waals surface area contributed by atoms with Gasteiger partial charge in [-0.25, -0.2) is 0 Å². The highest BCUT2D eigenvalue weighted by molar-refractivity contribution is 5.96. The van der Waals surface area contributed by atoms with Crippen molar-refractivity contribution in [1.82, 2.24) is 0 Å². The van der Waals surface area contributed by atoms with Gasteiger partial charge in [0, 0.05) is 12.0 Å². The summed E-state index contributed by atoms with van der Waals surface area (Å²) in [7, 11) is 1.65. The van der Waals surface area contributed by atoms with E-state index in [0.717, 1.165) is 23.3 Å². The van der Waals surface area contributed by atoms with Gasteiger partial charge in [-0.2, -0.15) is 0 Å². The molecule has 0 amide bonds. The Morgan fingerprint density at radius 1 is 1.41 bits per heavy atom. The maximum atomic E-state index is 11.9. The van der Waals surface area contributed by atoms with Crippen LogP contribution in [0, 0.1) is 0 Å². The topological polar surface area (TPSA) is 52.3 Å². The summed E-state index contributed by atoms with van der Waals surface area (Å²) in [4.78, 5) is 11.9. The van der Waals surface area contributed by atoms with Crippen LogP contribution in [0.15, 0.2) is 18.2 Å². The van der Waals surface area contributed by atoms with Crippen LogP contribution in [0.25, 0.3) is 0 Å². The van der Waals surface area contributed by atoms with Crippen LogP contribution < -0.4 is 10.5 Å². The number of nitrogens with two attached hydrogens (primary N) is 1. The third kappa shape index (κ3) is 3.56. The lowest BCUT2D eigenvalue weighted by Crippen LogP contribution is -2.06. The van der Waals surface area contributed by atoms with Gasteiger partial charge in [-0.05, 0) is 42.6 Å². The van der Waals surface area contributed by atoms with Crippen LogP contribution in [0.2, 0.25) is 0 Å². The molecule has 0 bridgehead atoms. The van der Waals surface area contributed by atoms with Gasteiger partial charge in [0.25, 0.3) is 0 Å². The fourth-order valence-electron chi connectivity index (χ4n) is 1.77. The van der Waals surface area contributed by atoms with Crippen LogP contribution >= 0.6 is 0 Å². The van der Waals surface area contributed by atoms with E-state index in [-0.39, 0.29) is 5.78 Å². The standard InChI is InChI=1S/C14H21NO2/c1-10(2)12-9-11(6-7-14(12)17-3)13(16)5-4-8-15/h6-7,9-10H,4-5,8,15H2,1-3H3. The lowest BCUT2D eigenvalue weighted by Gasteiger charge is -2.13. The molecule has 3 nitrogen and oxygen atoms in total. The first-order valence-electron chi connectivity index (χ1n) is 6.01. The average Bonchev–Trinajstić information content (AvgIpc) is 2.34. The van der Waals surface area contributed by atoms with Gasteiger partial charge in [0.15, 0.2) is 5.78 Å². The van der Waals surface area contributed by atoms with Crippen molar-refractivity contribution in [3.05, 3.63) is 29.3 Å². The zero-order valence-electron chi connectivity index (χ0n) is 10.8. The molecule has 3 heteroatoms. The lowest BCUT2D eigenvalue weighted by molar-refractivity contribution is 0.0980. The predicted molar refractivity (Wildman–Crippen MR) is 69.7 cm³/mol. The van der Waals surface area contributed by atoms with Crippen LogP contribution in [0.3, 0.4) is 0 Å². The highest BCUT2D eigenvalue weighted by atomic mass is 16.5. The van der Waals surface area contributed by atoms with E-state index in [9.17, 15) is 4.79 Å². The van der Waals surface area contributed by atoms with Gasteiger partial charge in [0.05, 0.1) is 7.11 Å². The summed E-state index contributed by atoms with van der Waals surface area (Å²) in [6.45, 7) is 4.73. The molecule has 0 saturated carbocycles. The predicted octanol–water partition coefficient (Wildman–Crippen LogP) is 2.74.